The van der Waals surface area contributed by atoms with Gasteiger partial charge < -0.3 is 9.42 Å². The molecule has 0 bridgehead atoms. The predicted octanol–water partition coefficient (Wildman–Crippen LogP) is 5.15. The van der Waals surface area contributed by atoms with Gasteiger partial charge in [-0.05, 0) is 36.6 Å². The molecule has 0 aliphatic heterocycles. The quantitative estimate of drug-likeness (QED) is 0.605. The first-order chi connectivity index (χ1) is 13.3. The summed E-state index contributed by atoms with van der Waals surface area (Å²) >= 11 is 0. The Bertz CT molecular complexity index is 1090. The van der Waals surface area contributed by atoms with Crippen LogP contribution in [-0.2, 0) is 9.09 Å². The maximum Gasteiger partial charge on any atom is 0.451 e. The smallest absolute Gasteiger partial charge is 0.383 e. The van der Waals surface area contributed by atoms with Crippen molar-refractivity contribution in [2.45, 2.75) is 13.8 Å². The van der Waals surface area contributed by atoms with E-state index in [-0.39, 0.29) is 11.1 Å². The van der Waals surface area contributed by atoms with Crippen molar-refractivity contribution in [3.63, 3.8) is 0 Å². The van der Waals surface area contributed by atoms with E-state index < -0.39 is 19.1 Å². The summed E-state index contributed by atoms with van der Waals surface area (Å²) in [7, 11) is -4.87. The fourth-order valence-corrected chi connectivity index (χ4v) is 3.82. The molecule has 0 spiro atoms. The Kier molecular flexibility index (Phi) is 5.59. The molecule has 0 amide bonds. The number of benzene rings is 3. The van der Waals surface area contributed by atoms with Gasteiger partial charge in [-0.1, -0.05) is 72.3 Å². The van der Waals surface area contributed by atoms with Gasteiger partial charge in [0.25, 0.3) is 5.52 Å². The van der Waals surface area contributed by atoms with E-state index in [1.165, 1.54) is 12.1 Å². The van der Waals surface area contributed by atoms with Crippen LogP contribution in [0.5, 0.6) is 0 Å². The Labute approximate surface area is 163 Å². The van der Waals surface area contributed by atoms with E-state index in [0.717, 1.165) is 11.1 Å². The molecule has 1 N–H and O–H groups in total. The molecule has 5 nitrogen and oxygen atoms in total. The second-order valence-electron chi connectivity index (χ2n) is 6.43. The number of aryl methyl sites for hydroxylation is 2. The van der Waals surface area contributed by atoms with Crippen LogP contribution in [0, 0.1) is 13.8 Å². The highest BCUT2D eigenvalue weighted by Crippen LogP contribution is 2.47. The molecule has 1 atom stereocenters. The Morgan fingerprint density at radius 2 is 1.50 bits per heavy atom. The third kappa shape index (κ3) is 4.11. The van der Waals surface area contributed by atoms with Gasteiger partial charge in [0.1, 0.15) is 0 Å². The lowest BCUT2D eigenvalue weighted by Gasteiger charge is -2.14. The summed E-state index contributed by atoms with van der Waals surface area (Å²) < 4.78 is 17.3. The predicted molar refractivity (Wildman–Crippen MR) is 107 cm³/mol. The summed E-state index contributed by atoms with van der Waals surface area (Å²) in [5.74, 6) is -1.02. The molecule has 6 heteroatoms. The fourth-order valence-electron chi connectivity index (χ4n) is 2.86. The highest BCUT2D eigenvalue weighted by atomic mass is 31.2. The first kappa shape index (κ1) is 19.7. The van der Waals surface area contributed by atoms with Crippen LogP contribution in [0.3, 0.4) is 0 Å². The maximum absolute atomic E-state index is 12.7. The molecule has 3 rings (SSSR count). The summed E-state index contributed by atoms with van der Waals surface area (Å²) in [5.41, 5.74) is 1.83. The molecule has 0 aliphatic carbocycles. The van der Waals surface area contributed by atoms with Crippen LogP contribution in [0.2, 0.25) is 0 Å². The van der Waals surface area contributed by atoms with Crippen LogP contribution in [0.4, 0.5) is 0 Å². The molecule has 142 valence electrons. The van der Waals surface area contributed by atoms with Crippen LogP contribution in [-0.4, -0.2) is 16.4 Å². The van der Waals surface area contributed by atoms with E-state index in [9.17, 15) is 19.0 Å². The van der Waals surface area contributed by atoms with Crippen molar-refractivity contribution < 1.29 is 23.6 Å². The second-order valence-corrected chi connectivity index (χ2v) is 8.06. The zero-order chi connectivity index (χ0) is 20.3. The molecule has 0 aromatic heterocycles. The molecular formula is C22H19O5P. The molecular weight excluding hydrogens is 375 g/mol. The minimum absolute atomic E-state index is 0.0494. The Balaban J connectivity index is 1.94. The second kappa shape index (κ2) is 7.93. The average molecular weight is 394 g/mol. The molecule has 0 heterocycles. The zero-order valence-corrected chi connectivity index (χ0v) is 16.4. The number of hydrogen-bond acceptors (Lipinski definition) is 4. The minimum Gasteiger partial charge on any atom is -0.383 e. The monoisotopic (exact) mass is 394 g/mol. The van der Waals surface area contributed by atoms with Gasteiger partial charge in [0.05, 0.1) is 5.56 Å². The molecule has 0 saturated carbocycles. The summed E-state index contributed by atoms with van der Waals surface area (Å²) in [6.45, 7) is 3.52. The first-order valence-corrected chi connectivity index (χ1v) is 10.2. The van der Waals surface area contributed by atoms with Crippen molar-refractivity contribution >= 4 is 19.1 Å². The lowest BCUT2D eigenvalue weighted by molar-refractivity contribution is 0.0701. The molecule has 28 heavy (non-hydrogen) atoms. The number of carbonyl (C=O) groups is 2. The molecule has 3 aromatic rings. The maximum atomic E-state index is 12.7. The van der Waals surface area contributed by atoms with Gasteiger partial charge >= 0.3 is 13.6 Å². The van der Waals surface area contributed by atoms with Crippen LogP contribution in [0.15, 0.2) is 72.8 Å². The lowest BCUT2D eigenvalue weighted by Crippen LogP contribution is -2.11. The van der Waals surface area contributed by atoms with Crippen molar-refractivity contribution in [2.75, 3.05) is 0 Å². The SMILES string of the molecule is Cc1ccc(C(=O)OP(=O)(O)C(=O)c2ccccc2C)c(-c2ccccc2)c1. The molecule has 1 unspecified atom stereocenters. The van der Waals surface area contributed by atoms with Crippen molar-refractivity contribution in [1.29, 1.82) is 0 Å². The van der Waals surface area contributed by atoms with Crippen LogP contribution in [0.1, 0.15) is 31.8 Å². The molecule has 0 fully saturated rings. The Morgan fingerprint density at radius 1 is 0.857 bits per heavy atom. The summed E-state index contributed by atoms with van der Waals surface area (Å²) in [6, 6.07) is 20.5. The van der Waals surface area contributed by atoms with E-state index in [4.69, 9.17) is 4.52 Å². The van der Waals surface area contributed by atoms with Crippen LogP contribution in [0.25, 0.3) is 11.1 Å². The van der Waals surface area contributed by atoms with Crippen molar-refractivity contribution in [2.24, 2.45) is 0 Å². The summed E-state index contributed by atoms with van der Waals surface area (Å²) in [4.78, 5) is 35.3. The summed E-state index contributed by atoms with van der Waals surface area (Å²) in [5, 5.41) is 0. The van der Waals surface area contributed by atoms with E-state index in [0.29, 0.717) is 11.1 Å². The average Bonchev–Trinajstić information content (AvgIpc) is 2.68. The van der Waals surface area contributed by atoms with Crippen LogP contribution < -0.4 is 0 Å². The Morgan fingerprint density at radius 3 is 2.18 bits per heavy atom. The normalized spacial score (nSPS) is 12.8. The molecule has 3 aromatic carbocycles. The van der Waals surface area contributed by atoms with Gasteiger partial charge in [0, 0.05) is 5.56 Å². The largest absolute Gasteiger partial charge is 0.451 e. The highest BCUT2D eigenvalue weighted by Gasteiger charge is 2.37. The van der Waals surface area contributed by atoms with Gasteiger partial charge in [-0.3, -0.25) is 4.79 Å². The van der Waals surface area contributed by atoms with E-state index in [1.54, 1.807) is 37.3 Å². The number of hydrogen-bond donors (Lipinski definition) is 1. The molecule has 0 aliphatic rings. The lowest BCUT2D eigenvalue weighted by atomic mass is 9.98. The fraction of sp³-hybridized carbons (Fsp3) is 0.0909. The Hall–Kier alpha value is -3.01. The van der Waals surface area contributed by atoms with Gasteiger partial charge in [0.15, 0.2) is 0 Å². The van der Waals surface area contributed by atoms with Gasteiger partial charge in [-0.2, -0.15) is 0 Å². The van der Waals surface area contributed by atoms with Crippen molar-refractivity contribution in [3.8, 4) is 11.1 Å². The third-order valence-electron chi connectivity index (χ3n) is 4.32. The molecule has 0 saturated heterocycles. The van der Waals surface area contributed by atoms with Gasteiger partial charge in [0.2, 0.25) is 0 Å². The van der Waals surface area contributed by atoms with Crippen LogP contribution >= 0.6 is 7.60 Å². The molecule has 0 radical (unpaired) electrons. The highest BCUT2D eigenvalue weighted by molar-refractivity contribution is 7.72. The third-order valence-corrected chi connectivity index (χ3v) is 5.49. The standard InChI is InChI=1S/C22H19O5P/c1-15-12-13-19(20(14-15)17-9-4-3-5-10-17)21(23)27-28(25,26)22(24)18-11-7-6-8-16(18)2/h3-14H,1-2H3,(H,25,26). The summed E-state index contributed by atoms with van der Waals surface area (Å²) in [6.07, 6.45) is 0. The van der Waals surface area contributed by atoms with Gasteiger partial charge in [-0.25, -0.2) is 9.36 Å². The van der Waals surface area contributed by atoms with E-state index in [2.05, 4.69) is 0 Å². The topological polar surface area (TPSA) is 80.7 Å². The van der Waals surface area contributed by atoms with E-state index >= 15 is 0 Å². The van der Waals surface area contributed by atoms with E-state index in [1.807, 2.05) is 37.3 Å². The minimum atomic E-state index is -4.87. The number of carbonyl (C=O) groups excluding carboxylic acids is 2. The zero-order valence-electron chi connectivity index (χ0n) is 15.5. The van der Waals surface area contributed by atoms with Crippen molar-refractivity contribution in [1.82, 2.24) is 0 Å². The number of rotatable bonds is 5. The van der Waals surface area contributed by atoms with Crippen molar-refractivity contribution in [3.05, 3.63) is 95.1 Å². The first-order valence-electron chi connectivity index (χ1n) is 8.63. The van der Waals surface area contributed by atoms with Gasteiger partial charge in [-0.15, -0.1) is 0 Å².